The van der Waals surface area contributed by atoms with Gasteiger partial charge in [0.1, 0.15) is 0 Å². The van der Waals surface area contributed by atoms with Gasteiger partial charge in [-0.05, 0) is 17.7 Å². The standard InChI is InChI=1S/C11H18N2O2/c1-7(2)13-6-9(12)8-3-4-10(14)11(15)5-8/h3-5,7,9,13-15H,6,12H2,1-2H3. The van der Waals surface area contributed by atoms with Crippen molar-refractivity contribution >= 4 is 0 Å². The maximum atomic E-state index is 9.30. The van der Waals surface area contributed by atoms with E-state index in [1.165, 1.54) is 12.1 Å². The van der Waals surface area contributed by atoms with Crippen molar-refractivity contribution in [3.05, 3.63) is 23.8 Å². The minimum atomic E-state index is -0.182. The second kappa shape index (κ2) is 5.00. The van der Waals surface area contributed by atoms with Crippen LogP contribution in [0.15, 0.2) is 18.2 Å². The molecule has 84 valence electrons. The van der Waals surface area contributed by atoms with Crippen molar-refractivity contribution in [2.75, 3.05) is 6.54 Å². The lowest BCUT2D eigenvalue weighted by Gasteiger charge is -2.15. The highest BCUT2D eigenvalue weighted by Gasteiger charge is 2.08. The number of aromatic hydroxyl groups is 2. The van der Waals surface area contributed by atoms with Crippen LogP contribution in [0.3, 0.4) is 0 Å². The summed E-state index contributed by atoms with van der Waals surface area (Å²) in [4.78, 5) is 0. The Morgan fingerprint density at radius 3 is 2.47 bits per heavy atom. The molecule has 0 bridgehead atoms. The summed E-state index contributed by atoms with van der Waals surface area (Å²) < 4.78 is 0. The van der Waals surface area contributed by atoms with Crippen LogP contribution >= 0.6 is 0 Å². The van der Waals surface area contributed by atoms with Gasteiger partial charge >= 0.3 is 0 Å². The molecular weight excluding hydrogens is 192 g/mol. The lowest BCUT2D eigenvalue weighted by Crippen LogP contribution is -2.31. The number of hydrogen-bond acceptors (Lipinski definition) is 4. The maximum absolute atomic E-state index is 9.30. The van der Waals surface area contributed by atoms with Crippen LogP contribution in [0.4, 0.5) is 0 Å². The normalized spacial score (nSPS) is 13.1. The minimum Gasteiger partial charge on any atom is -0.504 e. The Hall–Kier alpha value is -1.26. The van der Waals surface area contributed by atoms with Gasteiger partial charge in [0.05, 0.1) is 0 Å². The summed E-state index contributed by atoms with van der Waals surface area (Å²) in [6.07, 6.45) is 0. The maximum Gasteiger partial charge on any atom is 0.157 e. The zero-order valence-electron chi connectivity index (χ0n) is 9.07. The van der Waals surface area contributed by atoms with Crippen molar-refractivity contribution in [2.24, 2.45) is 5.73 Å². The second-order valence-corrected chi connectivity index (χ2v) is 3.92. The first-order valence-corrected chi connectivity index (χ1v) is 5.01. The average molecular weight is 210 g/mol. The zero-order valence-corrected chi connectivity index (χ0v) is 9.07. The second-order valence-electron chi connectivity index (χ2n) is 3.92. The highest BCUT2D eigenvalue weighted by atomic mass is 16.3. The molecule has 0 saturated heterocycles. The van der Waals surface area contributed by atoms with Gasteiger partial charge in [-0.2, -0.15) is 0 Å². The first kappa shape index (κ1) is 11.8. The van der Waals surface area contributed by atoms with Crippen LogP contribution < -0.4 is 11.1 Å². The summed E-state index contributed by atoms with van der Waals surface area (Å²) in [7, 11) is 0. The molecule has 1 aromatic carbocycles. The van der Waals surface area contributed by atoms with Crippen LogP contribution in [-0.4, -0.2) is 22.8 Å². The molecule has 1 unspecified atom stereocenters. The van der Waals surface area contributed by atoms with Gasteiger partial charge in [0.2, 0.25) is 0 Å². The Morgan fingerprint density at radius 1 is 1.27 bits per heavy atom. The first-order chi connectivity index (χ1) is 7.00. The smallest absolute Gasteiger partial charge is 0.157 e. The molecule has 0 spiro atoms. The highest BCUT2D eigenvalue weighted by molar-refractivity contribution is 5.41. The molecule has 0 aromatic heterocycles. The lowest BCUT2D eigenvalue weighted by molar-refractivity contribution is 0.402. The molecule has 1 rings (SSSR count). The SMILES string of the molecule is CC(C)NCC(N)c1ccc(O)c(O)c1. The average Bonchev–Trinajstić information content (AvgIpc) is 2.18. The van der Waals surface area contributed by atoms with Crippen molar-refractivity contribution in [1.82, 2.24) is 5.32 Å². The summed E-state index contributed by atoms with van der Waals surface area (Å²) in [5.41, 5.74) is 6.71. The molecule has 0 amide bonds. The van der Waals surface area contributed by atoms with Gasteiger partial charge in [0, 0.05) is 18.6 Å². The van der Waals surface area contributed by atoms with E-state index in [0.29, 0.717) is 12.6 Å². The molecule has 0 fully saturated rings. The van der Waals surface area contributed by atoms with Crippen molar-refractivity contribution in [3.63, 3.8) is 0 Å². The number of rotatable bonds is 4. The molecule has 0 aliphatic carbocycles. The molecule has 15 heavy (non-hydrogen) atoms. The molecule has 1 atom stereocenters. The van der Waals surface area contributed by atoms with Crippen LogP contribution in [0.5, 0.6) is 11.5 Å². The summed E-state index contributed by atoms with van der Waals surface area (Å²) in [6, 6.07) is 4.84. The third-order valence-corrected chi connectivity index (χ3v) is 2.17. The van der Waals surface area contributed by atoms with Crippen molar-refractivity contribution < 1.29 is 10.2 Å². The Kier molecular flexibility index (Phi) is 3.94. The first-order valence-electron chi connectivity index (χ1n) is 5.01. The van der Waals surface area contributed by atoms with E-state index in [0.717, 1.165) is 5.56 Å². The van der Waals surface area contributed by atoms with E-state index in [9.17, 15) is 5.11 Å². The summed E-state index contributed by atoms with van der Waals surface area (Å²) in [5, 5.41) is 21.6. The van der Waals surface area contributed by atoms with Crippen LogP contribution in [0.2, 0.25) is 0 Å². The monoisotopic (exact) mass is 210 g/mol. The van der Waals surface area contributed by atoms with Gasteiger partial charge in [0.25, 0.3) is 0 Å². The molecule has 0 aliphatic rings. The van der Waals surface area contributed by atoms with Gasteiger partial charge in [-0.3, -0.25) is 0 Å². The third-order valence-electron chi connectivity index (χ3n) is 2.17. The predicted molar refractivity (Wildman–Crippen MR) is 59.8 cm³/mol. The van der Waals surface area contributed by atoms with Gasteiger partial charge in [-0.15, -0.1) is 0 Å². The molecule has 4 heteroatoms. The van der Waals surface area contributed by atoms with Gasteiger partial charge < -0.3 is 21.3 Å². The van der Waals surface area contributed by atoms with Gasteiger partial charge in [-0.25, -0.2) is 0 Å². The van der Waals surface area contributed by atoms with Crippen LogP contribution in [0.25, 0.3) is 0 Å². The molecule has 0 saturated carbocycles. The predicted octanol–water partition coefficient (Wildman–Crippen LogP) is 1.10. The number of nitrogens with two attached hydrogens (primary N) is 1. The number of nitrogens with one attached hydrogen (secondary N) is 1. The van der Waals surface area contributed by atoms with E-state index in [4.69, 9.17) is 10.8 Å². The summed E-state index contributed by atoms with van der Waals surface area (Å²) >= 11 is 0. The third kappa shape index (κ3) is 3.42. The topological polar surface area (TPSA) is 78.5 Å². The van der Waals surface area contributed by atoms with Crippen molar-refractivity contribution in [1.29, 1.82) is 0 Å². The van der Waals surface area contributed by atoms with Crippen LogP contribution in [-0.2, 0) is 0 Å². The molecular formula is C11H18N2O2. The molecule has 4 nitrogen and oxygen atoms in total. The zero-order chi connectivity index (χ0) is 11.4. The fourth-order valence-corrected chi connectivity index (χ4v) is 1.25. The summed E-state index contributed by atoms with van der Waals surface area (Å²) in [6.45, 7) is 4.73. The molecule has 0 radical (unpaired) electrons. The van der Waals surface area contributed by atoms with Crippen LogP contribution in [0.1, 0.15) is 25.5 Å². The van der Waals surface area contributed by atoms with E-state index in [-0.39, 0.29) is 17.5 Å². The fraction of sp³-hybridized carbons (Fsp3) is 0.455. The number of phenolic OH excluding ortho intramolecular Hbond substituents is 2. The highest BCUT2D eigenvalue weighted by Crippen LogP contribution is 2.26. The minimum absolute atomic E-state index is 0.122. The molecule has 0 aliphatic heterocycles. The largest absolute Gasteiger partial charge is 0.504 e. The van der Waals surface area contributed by atoms with E-state index in [1.807, 2.05) is 13.8 Å². The number of benzene rings is 1. The number of hydrogen-bond donors (Lipinski definition) is 4. The summed E-state index contributed by atoms with van der Waals surface area (Å²) in [5.74, 6) is -0.254. The Balaban J connectivity index is 2.65. The Morgan fingerprint density at radius 2 is 1.93 bits per heavy atom. The Bertz CT molecular complexity index is 326. The molecule has 1 aromatic rings. The van der Waals surface area contributed by atoms with Gasteiger partial charge in [-0.1, -0.05) is 19.9 Å². The number of phenols is 2. The van der Waals surface area contributed by atoms with Gasteiger partial charge in [0.15, 0.2) is 11.5 Å². The van der Waals surface area contributed by atoms with Crippen molar-refractivity contribution in [2.45, 2.75) is 25.9 Å². The van der Waals surface area contributed by atoms with E-state index in [2.05, 4.69) is 5.32 Å². The Labute approximate surface area is 89.7 Å². The van der Waals surface area contributed by atoms with Crippen molar-refractivity contribution in [3.8, 4) is 11.5 Å². The molecule has 5 N–H and O–H groups in total. The van der Waals surface area contributed by atoms with E-state index in [1.54, 1.807) is 6.07 Å². The van der Waals surface area contributed by atoms with Crippen LogP contribution in [0, 0.1) is 0 Å². The fourth-order valence-electron chi connectivity index (χ4n) is 1.25. The van der Waals surface area contributed by atoms with E-state index < -0.39 is 0 Å². The lowest BCUT2D eigenvalue weighted by atomic mass is 10.1. The van der Waals surface area contributed by atoms with E-state index >= 15 is 0 Å². The molecule has 0 heterocycles. The quantitative estimate of drug-likeness (QED) is 0.561.